The molecule has 1 unspecified atom stereocenters. The van der Waals surface area contributed by atoms with E-state index in [-0.39, 0.29) is 23.5 Å². The van der Waals surface area contributed by atoms with E-state index in [9.17, 15) is 10.1 Å². The van der Waals surface area contributed by atoms with Gasteiger partial charge in [-0.15, -0.1) is 11.3 Å². The van der Waals surface area contributed by atoms with E-state index in [1.54, 1.807) is 0 Å². The fourth-order valence-electron chi connectivity index (χ4n) is 1.90. The molecule has 2 aromatic rings. The van der Waals surface area contributed by atoms with Crippen LogP contribution in [0.4, 0.5) is 17.5 Å². The highest BCUT2D eigenvalue weighted by molar-refractivity contribution is 7.11. The van der Waals surface area contributed by atoms with Crippen LogP contribution in [-0.4, -0.2) is 19.9 Å². The van der Waals surface area contributed by atoms with E-state index < -0.39 is 4.92 Å². The summed E-state index contributed by atoms with van der Waals surface area (Å²) in [7, 11) is 0. The smallest absolute Gasteiger partial charge is 0.329 e. The van der Waals surface area contributed by atoms with Gasteiger partial charge in [-0.3, -0.25) is 15.5 Å². The monoisotopic (exact) mass is 309 g/mol. The van der Waals surface area contributed by atoms with Gasteiger partial charge in [0.2, 0.25) is 11.8 Å². The van der Waals surface area contributed by atoms with Gasteiger partial charge in [-0.05, 0) is 20.8 Å². The van der Waals surface area contributed by atoms with Crippen molar-refractivity contribution in [3.63, 3.8) is 0 Å². The quantitative estimate of drug-likeness (QED) is 0.433. The summed E-state index contributed by atoms with van der Waals surface area (Å²) >= 11 is 1.54. The van der Waals surface area contributed by atoms with E-state index in [2.05, 4.69) is 25.7 Å². The average Bonchev–Trinajstić information content (AvgIpc) is 2.77. The van der Waals surface area contributed by atoms with Gasteiger partial charge in [-0.1, -0.05) is 0 Å². The summed E-state index contributed by atoms with van der Waals surface area (Å²) in [5.41, 5.74) is 2.95. The van der Waals surface area contributed by atoms with Crippen LogP contribution in [0.5, 0.6) is 0 Å². The first-order valence-electron chi connectivity index (χ1n) is 6.11. The number of aryl methyl sites for hydroxylation is 2. The van der Waals surface area contributed by atoms with Crippen LogP contribution in [0, 0.1) is 24.0 Å². The lowest BCUT2D eigenvalue weighted by molar-refractivity contribution is -0.384. The van der Waals surface area contributed by atoms with Gasteiger partial charge in [-0.2, -0.15) is 4.98 Å². The lowest BCUT2D eigenvalue weighted by atomic mass is 10.2. The Morgan fingerprint density at radius 2 is 2.14 bits per heavy atom. The molecule has 0 fully saturated rings. The summed E-state index contributed by atoms with van der Waals surface area (Å²) < 4.78 is 0. The van der Waals surface area contributed by atoms with E-state index in [1.807, 2.05) is 20.8 Å². The zero-order valence-electron chi connectivity index (χ0n) is 11.7. The molecule has 0 amide bonds. The first kappa shape index (κ1) is 15.1. The Morgan fingerprint density at radius 1 is 1.43 bits per heavy atom. The maximum Gasteiger partial charge on any atom is 0.329 e. The Labute approximate surface area is 124 Å². The molecule has 0 saturated heterocycles. The van der Waals surface area contributed by atoms with Crippen LogP contribution in [0.1, 0.15) is 28.5 Å². The molecular weight excluding hydrogens is 294 g/mol. The number of nitrogens with two attached hydrogens (primary N) is 1. The number of nitro groups is 1. The Balaban J connectivity index is 2.33. The maximum atomic E-state index is 11.0. The van der Waals surface area contributed by atoms with Crippen molar-refractivity contribution in [3.05, 3.63) is 31.9 Å². The minimum atomic E-state index is -0.542. The van der Waals surface area contributed by atoms with E-state index >= 15 is 0 Å². The third kappa shape index (κ3) is 3.23. The molecule has 112 valence electrons. The molecule has 1 atom stereocenters. The molecule has 0 spiro atoms. The fourth-order valence-corrected chi connectivity index (χ4v) is 2.83. The van der Waals surface area contributed by atoms with Crippen molar-refractivity contribution in [2.75, 3.05) is 10.7 Å². The molecule has 4 N–H and O–H groups in total. The van der Waals surface area contributed by atoms with Gasteiger partial charge in [0, 0.05) is 4.88 Å². The zero-order valence-corrected chi connectivity index (χ0v) is 12.6. The average molecular weight is 309 g/mol. The number of anilines is 2. The second kappa shape index (κ2) is 5.97. The molecule has 10 heteroatoms. The molecule has 0 saturated carbocycles. The number of aromatic nitrogens is 3. The maximum absolute atomic E-state index is 11.0. The van der Waals surface area contributed by atoms with Crippen LogP contribution >= 0.6 is 11.3 Å². The van der Waals surface area contributed by atoms with Crippen molar-refractivity contribution in [3.8, 4) is 0 Å². The van der Waals surface area contributed by atoms with Gasteiger partial charge in [0.15, 0.2) is 0 Å². The Bertz CT molecular complexity index is 673. The van der Waals surface area contributed by atoms with Crippen molar-refractivity contribution in [2.24, 2.45) is 5.84 Å². The lowest BCUT2D eigenvalue weighted by Crippen LogP contribution is -2.14. The molecular formula is C11H15N7O2S. The van der Waals surface area contributed by atoms with Crippen LogP contribution in [0.15, 0.2) is 6.20 Å². The van der Waals surface area contributed by atoms with Crippen molar-refractivity contribution < 1.29 is 4.92 Å². The zero-order chi connectivity index (χ0) is 15.6. The molecule has 0 aliphatic rings. The van der Waals surface area contributed by atoms with Crippen LogP contribution in [0.2, 0.25) is 0 Å². The molecule has 2 rings (SSSR count). The van der Waals surface area contributed by atoms with E-state index in [1.165, 1.54) is 11.3 Å². The SMILES string of the molecule is Cc1nc(C)c(C(C)Nc2nc(NN)ncc2[N+](=O)[O-])s1. The number of hydrogen-bond acceptors (Lipinski definition) is 9. The number of rotatable bonds is 5. The van der Waals surface area contributed by atoms with Crippen LogP contribution in [0.3, 0.4) is 0 Å². The van der Waals surface area contributed by atoms with Crippen LogP contribution in [0.25, 0.3) is 0 Å². The highest BCUT2D eigenvalue weighted by atomic mass is 32.1. The summed E-state index contributed by atoms with van der Waals surface area (Å²) in [4.78, 5) is 23.6. The lowest BCUT2D eigenvalue weighted by Gasteiger charge is -2.14. The highest BCUT2D eigenvalue weighted by Crippen LogP contribution is 2.30. The summed E-state index contributed by atoms with van der Waals surface area (Å²) in [5.74, 6) is 5.45. The minimum absolute atomic E-state index is 0.104. The number of nitrogens with zero attached hydrogens (tertiary/aromatic N) is 4. The molecule has 0 aromatic carbocycles. The number of nitrogen functional groups attached to an aromatic ring is 1. The fraction of sp³-hybridized carbons (Fsp3) is 0.364. The highest BCUT2D eigenvalue weighted by Gasteiger charge is 2.21. The first-order chi connectivity index (χ1) is 9.92. The molecule has 2 heterocycles. The van der Waals surface area contributed by atoms with Gasteiger partial charge in [0.05, 0.1) is 21.7 Å². The van der Waals surface area contributed by atoms with E-state index in [0.29, 0.717) is 0 Å². The van der Waals surface area contributed by atoms with Crippen LogP contribution in [-0.2, 0) is 0 Å². The molecule has 2 aromatic heterocycles. The third-order valence-corrected chi connectivity index (χ3v) is 4.04. The third-order valence-electron chi connectivity index (χ3n) is 2.78. The predicted molar refractivity (Wildman–Crippen MR) is 80.1 cm³/mol. The molecule has 0 aliphatic carbocycles. The summed E-state index contributed by atoms with van der Waals surface area (Å²) in [6.45, 7) is 5.71. The largest absolute Gasteiger partial charge is 0.357 e. The molecule has 0 radical (unpaired) electrons. The normalized spacial score (nSPS) is 12.0. The molecule has 0 aliphatic heterocycles. The first-order valence-corrected chi connectivity index (χ1v) is 6.92. The number of nitrogens with one attached hydrogen (secondary N) is 2. The summed E-state index contributed by atoms with van der Waals surface area (Å²) in [5, 5.41) is 15.0. The summed E-state index contributed by atoms with van der Waals surface area (Å²) in [6.07, 6.45) is 1.11. The van der Waals surface area contributed by atoms with Crippen molar-refractivity contribution >= 4 is 28.8 Å². The van der Waals surface area contributed by atoms with Crippen molar-refractivity contribution in [2.45, 2.75) is 26.8 Å². The Hall–Kier alpha value is -2.33. The van der Waals surface area contributed by atoms with Gasteiger partial charge in [0.1, 0.15) is 6.20 Å². The second-order valence-corrected chi connectivity index (χ2v) is 5.61. The van der Waals surface area contributed by atoms with Crippen LogP contribution < -0.4 is 16.6 Å². The number of hydrazine groups is 1. The second-order valence-electron chi connectivity index (χ2n) is 4.38. The van der Waals surface area contributed by atoms with Gasteiger partial charge >= 0.3 is 5.69 Å². The molecule has 0 bridgehead atoms. The van der Waals surface area contributed by atoms with Gasteiger partial charge < -0.3 is 5.32 Å². The molecule has 9 nitrogen and oxygen atoms in total. The standard InChI is InChI=1S/C11H15N7O2S/c1-5-9(21-7(3)14-5)6(2)15-10-8(18(19)20)4-13-11(16-10)17-12/h4,6H,12H2,1-3H3,(H2,13,15,16,17). The van der Waals surface area contributed by atoms with Gasteiger partial charge in [0.25, 0.3) is 0 Å². The Morgan fingerprint density at radius 3 is 2.67 bits per heavy atom. The van der Waals surface area contributed by atoms with Crippen molar-refractivity contribution in [1.82, 2.24) is 15.0 Å². The minimum Gasteiger partial charge on any atom is -0.357 e. The predicted octanol–water partition coefficient (Wildman–Crippen LogP) is 1.92. The van der Waals surface area contributed by atoms with Crippen molar-refractivity contribution in [1.29, 1.82) is 0 Å². The Kier molecular flexibility index (Phi) is 4.29. The van der Waals surface area contributed by atoms with E-state index in [4.69, 9.17) is 5.84 Å². The number of hydrogen-bond donors (Lipinski definition) is 3. The van der Waals surface area contributed by atoms with E-state index in [0.717, 1.165) is 21.8 Å². The topological polar surface area (TPSA) is 132 Å². The molecule has 21 heavy (non-hydrogen) atoms. The summed E-state index contributed by atoms with van der Waals surface area (Å²) in [6, 6.07) is -0.171. The number of thiazole rings is 1. The van der Waals surface area contributed by atoms with Gasteiger partial charge in [-0.25, -0.2) is 15.8 Å².